The van der Waals surface area contributed by atoms with E-state index in [-0.39, 0.29) is 11.9 Å². The van der Waals surface area contributed by atoms with Gasteiger partial charge in [0.05, 0.1) is 11.1 Å². The third-order valence-electron chi connectivity index (χ3n) is 4.10. The fourth-order valence-corrected chi connectivity index (χ4v) is 3.21. The Kier molecular flexibility index (Phi) is 4.51. The van der Waals surface area contributed by atoms with Crippen molar-refractivity contribution in [2.45, 2.75) is 18.7 Å². The van der Waals surface area contributed by atoms with Crippen molar-refractivity contribution in [3.8, 4) is 11.5 Å². The van der Waals surface area contributed by atoms with E-state index in [9.17, 15) is 13.2 Å². The van der Waals surface area contributed by atoms with Crippen molar-refractivity contribution in [2.75, 3.05) is 0 Å². The first kappa shape index (κ1) is 17.8. The van der Waals surface area contributed by atoms with E-state index in [1.165, 1.54) is 12.1 Å². The van der Waals surface area contributed by atoms with Crippen LogP contribution in [0, 0.1) is 0 Å². The minimum atomic E-state index is -4.44. The second kappa shape index (κ2) is 6.84. The van der Waals surface area contributed by atoms with Gasteiger partial charge in [-0.2, -0.15) is 13.2 Å². The molecule has 2 heterocycles. The minimum absolute atomic E-state index is 0.0944. The van der Waals surface area contributed by atoms with Crippen molar-refractivity contribution >= 4 is 31.5 Å². The third kappa shape index (κ3) is 3.75. The maximum absolute atomic E-state index is 13.0. The first-order valence-corrected chi connectivity index (χ1v) is 8.81. The molecule has 1 aliphatic rings. The summed E-state index contributed by atoms with van der Waals surface area (Å²) in [5.74, 6) is 0.499. The molecule has 0 bridgehead atoms. The van der Waals surface area contributed by atoms with E-state index in [0.717, 1.165) is 17.7 Å². The van der Waals surface area contributed by atoms with Crippen LogP contribution in [-0.2, 0) is 11.0 Å². The number of rotatable bonds is 3. The van der Waals surface area contributed by atoms with Crippen LogP contribution >= 0.6 is 15.9 Å². The van der Waals surface area contributed by atoms with Gasteiger partial charge in [-0.15, -0.1) is 0 Å². The monoisotopic (exact) mass is 436 g/mol. The smallest absolute Gasteiger partial charge is 0.416 e. The van der Waals surface area contributed by atoms with Crippen LogP contribution in [-0.4, -0.2) is 9.60 Å². The molecule has 4 rings (SSSR count). The molecule has 0 saturated heterocycles. The first-order chi connectivity index (χ1) is 12.9. The minimum Gasteiger partial charge on any atom is -0.457 e. The maximum atomic E-state index is 13.0. The number of halogens is 4. The number of alkyl halides is 3. The summed E-state index contributed by atoms with van der Waals surface area (Å²) < 4.78 is 45.4. The van der Waals surface area contributed by atoms with Crippen molar-refractivity contribution in [2.24, 2.45) is 5.16 Å². The second-order valence-electron chi connectivity index (χ2n) is 5.98. The van der Waals surface area contributed by atoms with E-state index >= 15 is 0 Å². The first-order valence-electron chi connectivity index (χ1n) is 8.02. The van der Waals surface area contributed by atoms with Gasteiger partial charge in [-0.05, 0) is 58.4 Å². The van der Waals surface area contributed by atoms with E-state index in [1.807, 2.05) is 6.07 Å². The highest BCUT2D eigenvalue weighted by Crippen LogP contribution is 2.38. The number of hydrogen-bond acceptors (Lipinski definition) is 4. The Morgan fingerprint density at radius 3 is 2.70 bits per heavy atom. The van der Waals surface area contributed by atoms with Crippen molar-refractivity contribution in [3.63, 3.8) is 0 Å². The molecule has 4 nitrogen and oxygen atoms in total. The summed E-state index contributed by atoms with van der Waals surface area (Å²) in [7, 11) is 0. The number of fused-ring (bicyclic) bond motifs is 1. The molecule has 0 aliphatic carbocycles. The lowest BCUT2D eigenvalue weighted by Gasteiger charge is -2.15. The van der Waals surface area contributed by atoms with Gasteiger partial charge in [0.2, 0.25) is 0 Å². The average Bonchev–Trinajstić information content (AvgIpc) is 3.08. The molecular weight excluding hydrogens is 425 g/mol. The van der Waals surface area contributed by atoms with Gasteiger partial charge in [0.15, 0.2) is 6.10 Å². The molecule has 8 heteroatoms. The predicted octanol–water partition coefficient (Wildman–Crippen LogP) is 6.22. The number of nitrogens with zero attached hydrogens (tertiary/aromatic N) is 2. The van der Waals surface area contributed by atoms with E-state index < -0.39 is 11.7 Å². The normalized spacial score (nSPS) is 16.9. The van der Waals surface area contributed by atoms with Crippen LogP contribution < -0.4 is 4.74 Å². The SMILES string of the molecule is FC(F)(F)c1cccc(Oc2cc(C3CC(Br)=NO3)cc3ncccc23)c1. The molecule has 0 fully saturated rings. The summed E-state index contributed by atoms with van der Waals surface area (Å²) in [6.07, 6.45) is -2.55. The Hall–Kier alpha value is -2.61. The van der Waals surface area contributed by atoms with E-state index in [0.29, 0.717) is 27.7 Å². The molecule has 1 atom stereocenters. The van der Waals surface area contributed by atoms with Gasteiger partial charge in [-0.3, -0.25) is 4.98 Å². The fourth-order valence-electron chi connectivity index (χ4n) is 2.83. The van der Waals surface area contributed by atoms with Crippen LogP contribution in [0.25, 0.3) is 10.9 Å². The summed E-state index contributed by atoms with van der Waals surface area (Å²) in [6, 6.07) is 11.9. The third-order valence-corrected chi connectivity index (χ3v) is 4.57. The lowest BCUT2D eigenvalue weighted by Crippen LogP contribution is -2.04. The highest BCUT2D eigenvalue weighted by atomic mass is 79.9. The number of aromatic nitrogens is 1. The van der Waals surface area contributed by atoms with Gasteiger partial charge in [0.1, 0.15) is 16.1 Å². The Balaban J connectivity index is 1.74. The van der Waals surface area contributed by atoms with Crippen LogP contribution in [0.4, 0.5) is 13.2 Å². The zero-order valence-corrected chi connectivity index (χ0v) is 15.3. The largest absolute Gasteiger partial charge is 0.457 e. The van der Waals surface area contributed by atoms with Crippen LogP contribution in [0.2, 0.25) is 0 Å². The Morgan fingerprint density at radius 2 is 1.96 bits per heavy atom. The van der Waals surface area contributed by atoms with Crippen molar-refractivity contribution in [1.29, 1.82) is 0 Å². The molecule has 0 radical (unpaired) electrons. The van der Waals surface area contributed by atoms with E-state index in [2.05, 4.69) is 26.1 Å². The molecule has 3 aromatic rings. The van der Waals surface area contributed by atoms with Gasteiger partial charge in [-0.1, -0.05) is 11.2 Å². The summed E-state index contributed by atoms with van der Waals surface area (Å²) >= 11 is 3.30. The lowest BCUT2D eigenvalue weighted by atomic mass is 10.0. The van der Waals surface area contributed by atoms with Crippen LogP contribution in [0.3, 0.4) is 0 Å². The summed E-state index contributed by atoms with van der Waals surface area (Å²) in [5, 5.41) is 4.56. The van der Waals surface area contributed by atoms with Gasteiger partial charge < -0.3 is 9.57 Å². The zero-order chi connectivity index (χ0) is 19.0. The van der Waals surface area contributed by atoms with Gasteiger partial charge in [0, 0.05) is 23.6 Å². The van der Waals surface area contributed by atoms with Crippen LogP contribution in [0.1, 0.15) is 23.7 Å². The quantitative estimate of drug-likeness (QED) is 0.489. The molecule has 0 N–H and O–H groups in total. The maximum Gasteiger partial charge on any atom is 0.416 e. The van der Waals surface area contributed by atoms with Crippen LogP contribution in [0.15, 0.2) is 59.9 Å². The molecule has 27 heavy (non-hydrogen) atoms. The number of oxime groups is 1. The van der Waals surface area contributed by atoms with Gasteiger partial charge in [-0.25, -0.2) is 0 Å². The second-order valence-corrected chi connectivity index (χ2v) is 6.90. The highest BCUT2D eigenvalue weighted by molar-refractivity contribution is 9.18. The summed E-state index contributed by atoms with van der Waals surface area (Å²) in [6.45, 7) is 0. The molecule has 138 valence electrons. The molecule has 1 aliphatic heterocycles. The van der Waals surface area contributed by atoms with Crippen molar-refractivity contribution in [3.05, 3.63) is 65.9 Å². The highest BCUT2D eigenvalue weighted by Gasteiger charge is 2.30. The summed E-state index contributed by atoms with van der Waals surface area (Å²) in [4.78, 5) is 9.70. The standard InChI is InChI=1S/C19H12BrF3N2O2/c20-18-10-16(27-25-18)11-7-15-14(5-2-6-24-15)17(8-11)26-13-4-1-3-12(9-13)19(21,22)23/h1-9,16H,10H2. The topological polar surface area (TPSA) is 43.7 Å². The molecule has 1 aromatic heterocycles. The molecule has 1 unspecified atom stereocenters. The number of hydrogen-bond donors (Lipinski definition) is 0. The zero-order valence-electron chi connectivity index (χ0n) is 13.7. The number of pyridine rings is 1. The Labute approximate surface area is 160 Å². The van der Waals surface area contributed by atoms with Gasteiger partial charge in [0.25, 0.3) is 0 Å². The fraction of sp³-hybridized carbons (Fsp3) is 0.158. The lowest BCUT2D eigenvalue weighted by molar-refractivity contribution is -0.137. The molecule has 2 aromatic carbocycles. The Bertz CT molecular complexity index is 1040. The van der Waals surface area contributed by atoms with Crippen molar-refractivity contribution in [1.82, 2.24) is 4.98 Å². The molecule has 0 spiro atoms. The number of ether oxygens (including phenoxy) is 1. The van der Waals surface area contributed by atoms with Crippen LogP contribution in [0.5, 0.6) is 11.5 Å². The number of benzene rings is 2. The Morgan fingerprint density at radius 1 is 1.11 bits per heavy atom. The summed E-state index contributed by atoms with van der Waals surface area (Å²) in [5.41, 5.74) is 0.667. The van der Waals surface area contributed by atoms with E-state index in [1.54, 1.807) is 24.4 Å². The predicted molar refractivity (Wildman–Crippen MR) is 98.1 cm³/mol. The van der Waals surface area contributed by atoms with Gasteiger partial charge >= 0.3 is 6.18 Å². The van der Waals surface area contributed by atoms with E-state index in [4.69, 9.17) is 9.57 Å². The molecule has 0 amide bonds. The average molecular weight is 437 g/mol. The van der Waals surface area contributed by atoms with Crippen molar-refractivity contribution < 1.29 is 22.7 Å². The molecule has 0 saturated carbocycles. The molecular formula is C19H12BrF3N2O2.